The van der Waals surface area contributed by atoms with Crippen molar-refractivity contribution in [3.63, 3.8) is 0 Å². The number of Topliss-reactive ketones (excluding diaryl/α,β-unsaturated/α-hetero) is 1. The molecule has 2 aromatic rings. The number of ketones is 1. The Bertz CT molecular complexity index is 1070. The molecule has 1 aliphatic carbocycles. The Morgan fingerprint density at radius 3 is 2.48 bits per heavy atom. The molecule has 4 heterocycles. The first kappa shape index (κ1) is 19.8. The van der Waals surface area contributed by atoms with E-state index in [9.17, 15) is 14.4 Å². The quantitative estimate of drug-likeness (QED) is 0.602. The van der Waals surface area contributed by atoms with E-state index in [4.69, 9.17) is 4.74 Å². The van der Waals surface area contributed by atoms with Crippen molar-refractivity contribution in [1.82, 2.24) is 19.8 Å². The number of nitrogens with one attached hydrogen (secondary N) is 1. The number of nitrogens with zero attached hydrogens (tertiary/aromatic N) is 3. The van der Waals surface area contributed by atoms with Gasteiger partial charge in [-0.1, -0.05) is 6.08 Å². The zero-order valence-corrected chi connectivity index (χ0v) is 17.6. The van der Waals surface area contributed by atoms with Crippen LogP contribution < -0.4 is 4.74 Å². The van der Waals surface area contributed by atoms with E-state index in [0.29, 0.717) is 48.4 Å². The van der Waals surface area contributed by atoms with E-state index in [2.05, 4.69) is 16.0 Å². The number of ether oxygens (including phenoxy) is 1. The molecule has 0 bridgehead atoms. The van der Waals surface area contributed by atoms with Crippen molar-refractivity contribution in [1.29, 1.82) is 0 Å². The first-order valence-corrected chi connectivity index (χ1v) is 10.9. The highest BCUT2D eigenvalue weighted by atomic mass is 16.5. The van der Waals surface area contributed by atoms with Crippen molar-refractivity contribution in [2.24, 2.45) is 11.8 Å². The van der Waals surface area contributed by atoms with E-state index in [1.54, 1.807) is 17.3 Å². The largest absolute Gasteiger partial charge is 0.494 e. The third-order valence-electron chi connectivity index (χ3n) is 6.84. The molecule has 0 aromatic carbocycles. The number of H-pyrrole nitrogens is 1. The molecule has 2 atom stereocenters. The van der Waals surface area contributed by atoms with Gasteiger partial charge >= 0.3 is 0 Å². The molecule has 2 saturated heterocycles. The number of aromatic nitrogens is 2. The average Bonchev–Trinajstić information content (AvgIpc) is 3.51. The van der Waals surface area contributed by atoms with E-state index < -0.39 is 11.7 Å². The van der Waals surface area contributed by atoms with Crippen LogP contribution in [0.25, 0.3) is 10.9 Å². The molecule has 2 aromatic heterocycles. The highest BCUT2D eigenvalue weighted by molar-refractivity contribution is 6.45. The summed E-state index contributed by atoms with van der Waals surface area (Å²) in [7, 11) is 1.51. The third-order valence-corrected chi connectivity index (χ3v) is 6.84. The summed E-state index contributed by atoms with van der Waals surface area (Å²) in [5.74, 6) is 0.0261. The molecule has 0 radical (unpaired) electrons. The molecule has 2 fully saturated rings. The highest BCUT2D eigenvalue weighted by Gasteiger charge is 2.44. The van der Waals surface area contributed by atoms with Gasteiger partial charge in [0.15, 0.2) is 0 Å². The van der Waals surface area contributed by atoms with Gasteiger partial charge < -0.3 is 19.5 Å². The fraction of sp³-hybridized carbons (Fsp3) is 0.478. The lowest BCUT2D eigenvalue weighted by molar-refractivity contribution is -0.127. The molecular weight excluding hydrogens is 396 g/mol. The molecular formula is C23H26N4O4. The summed E-state index contributed by atoms with van der Waals surface area (Å²) in [6.45, 7) is 2.34. The first-order chi connectivity index (χ1) is 15.1. The summed E-state index contributed by atoms with van der Waals surface area (Å²) in [6.07, 6.45) is 10.9. The molecule has 2 unspecified atom stereocenters. The Hall–Kier alpha value is -3.16. The van der Waals surface area contributed by atoms with Gasteiger partial charge in [-0.05, 0) is 25.7 Å². The fourth-order valence-electron chi connectivity index (χ4n) is 5.20. The van der Waals surface area contributed by atoms with Crippen molar-refractivity contribution in [3.05, 3.63) is 35.8 Å². The van der Waals surface area contributed by atoms with Crippen LogP contribution in [0.5, 0.6) is 5.75 Å². The molecule has 8 heteroatoms. The van der Waals surface area contributed by atoms with E-state index in [1.165, 1.54) is 13.3 Å². The van der Waals surface area contributed by atoms with Gasteiger partial charge in [-0.25, -0.2) is 0 Å². The van der Waals surface area contributed by atoms with Crippen LogP contribution in [-0.4, -0.2) is 70.7 Å². The van der Waals surface area contributed by atoms with E-state index in [1.807, 2.05) is 4.90 Å². The number of hydrogen-bond donors (Lipinski definition) is 1. The maximum atomic E-state index is 13.0. The second-order valence-electron chi connectivity index (χ2n) is 8.71. The number of carbonyl (C=O) groups excluding carboxylic acids is 3. The first-order valence-electron chi connectivity index (χ1n) is 10.9. The van der Waals surface area contributed by atoms with Gasteiger partial charge in [-0.15, -0.1) is 0 Å². The van der Waals surface area contributed by atoms with Gasteiger partial charge in [0.25, 0.3) is 11.7 Å². The van der Waals surface area contributed by atoms with E-state index >= 15 is 0 Å². The van der Waals surface area contributed by atoms with Crippen LogP contribution in [0.3, 0.4) is 0 Å². The normalized spacial score (nSPS) is 23.1. The highest BCUT2D eigenvalue weighted by Crippen LogP contribution is 2.34. The van der Waals surface area contributed by atoms with Crippen molar-refractivity contribution < 1.29 is 19.1 Å². The third kappa shape index (κ3) is 3.40. The molecule has 31 heavy (non-hydrogen) atoms. The predicted octanol–water partition coefficient (Wildman–Crippen LogP) is 2.17. The number of rotatable bonds is 4. The minimum absolute atomic E-state index is 0.155. The standard InChI is InChI=1S/C23H26N4O4/c1-31-19-9-24-8-18-20(19)17(7-25-18)21(28)23(30)27-12-15-10-26(11-16(15)13-27)22(29)14-5-3-2-4-6-14/h5,7-9,15-16,25H,2-4,6,10-13H2,1H3. The van der Waals surface area contributed by atoms with Crippen LogP contribution in [0, 0.1) is 11.8 Å². The Balaban J connectivity index is 1.27. The number of pyridine rings is 1. The monoisotopic (exact) mass is 422 g/mol. The molecule has 162 valence electrons. The number of amides is 2. The summed E-state index contributed by atoms with van der Waals surface area (Å²) in [5.41, 5.74) is 1.90. The van der Waals surface area contributed by atoms with Gasteiger partial charge in [0.1, 0.15) is 5.75 Å². The maximum absolute atomic E-state index is 13.0. The maximum Gasteiger partial charge on any atom is 0.295 e. The van der Waals surface area contributed by atoms with Crippen LogP contribution in [-0.2, 0) is 9.59 Å². The minimum Gasteiger partial charge on any atom is -0.494 e. The average molecular weight is 422 g/mol. The number of fused-ring (bicyclic) bond motifs is 2. The molecule has 8 nitrogen and oxygen atoms in total. The number of methoxy groups -OCH3 is 1. The summed E-state index contributed by atoms with van der Waals surface area (Å²) < 4.78 is 5.33. The van der Waals surface area contributed by atoms with E-state index in [0.717, 1.165) is 31.3 Å². The molecule has 0 saturated carbocycles. The Labute approximate surface area is 180 Å². The molecule has 2 amide bonds. The van der Waals surface area contributed by atoms with Gasteiger partial charge in [0.05, 0.1) is 36.0 Å². The van der Waals surface area contributed by atoms with Crippen molar-refractivity contribution in [2.45, 2.75) is 25.7 Å². The molecule has 1 N–H and O–H groups in total. The second-order valence-corrected chi connectivity index (χ2v) is 8.71. The minimum atomic E-state index is -0.545. The van der Waals surface area contributed by atoms with E-state index in [-0.39, 0.29) is 17.7 Å². The second kappa shape index (κ2) is 7.83. The molecule has 5 rings (SSSR count). The zero-order chi connectivity index (χ0) is 21.5. The lowest BCUT2D eigenvalue weighted by Gasteiger charge is -2.23. The van der Waals surface area contributed by atoms with Crippen LogP contribution in [0.2, 0.25) is 0 Å². The lowest BCUT2D eigenvalue weighted by atomic mass is 9.99. The zero-order valence-electron chi connectivity index (χ0n) is 17.6. The van der Waals surface area contributed by atoms with Gasteiger partial charge in [-0.2, -0.15) is 0 Å². The number of aromatic amines is 1. The predicted molar refractivity (Wildman–Crippen MR) is 114 cm³/mol. The van der Waals surface area contributed by atoms with Crippen LogP contribution in [0.15, 0.2) is 30.2 Å². The summed E-state index contributed by atoms with van der Waals surface area (Å²) in [6, 6.07) is 0. The number of likely N-dealkylation sites (tertiary alicyclic amines) is 2. The summed E-state index contributed by atoms with van der Waals surface area (Å²) >= 11 is 0. The molecule has 0 spiro atoms. The molecule has 2 aliphatic heterocycles. The number of hydrogen-bond acceptors (Lipinski definition) is 5. The van der Waals surface area contributed by atoms with Crippen molar-refractivity contribution >= 4 is 28.5 Å². The topological polar surface area (TPSA) is 95.6 Å². The summed E-state index contributed by atoms with van der Waals surface area (Å²) in [5, 5.41) is 0.577. The Kier molecular flexibility index (Phi) is 5.00. The van der Waals surface area contributed by atoms with Gasteiger partial charge in [-0.3, -0.25) is 19.4 Å². The smallest absolute Gasteiger partial charge is 0.295 e. The number of carbonyl (C=O) groups is 3. The lowest BCUT2D eigenvalue weighted by Crippen LogP contribution is -2.39. The van der Waals surface area contributed by atoms with Crippen LogP contribution in [0.1, 0.15) is 36.0 Å². The SMILES string of the molecule is COc1cncc2[nH]cc(C(=O)C(=O)N3CC4CN(C(=O)C5=CCCCC5)CC4C3)c12. The van der Waals surface area contributed by atoms with Crippen molar-refractivity contribution in [2.75, 3.05) is 33.3 Å². The Morgan fingerprint density at radius 1 is 1.06 bits per heavy atom. The Morgan fingerprint density at radius 2 is 1.81 bits per heavy atom. The molecule has 3 aliphatic rings. The van der Waals surface area contributed by atoms with Crippen LogP contribution >= 0.6 is 0 Å². The van der Waals surface area contributed by atoms with Gasteiger partial charge in [0.2, 0.25) is 5.91 Å². The van der Waals surface area contributed by atoms with Crippen molar-refractivity contribution in [3.8, 4) is 5.75 Å². The van der Waals surface area contributed by atoms with Crippen LogP contribution in [0.4, 0.5) is 0 Å². The fourth-order valence-corrected chi connectivity index (χ4v) is 5.20. The number of allylic oxidation sites excluding steroid dienone is 1. The summed E-state index contributed by atoms with van der Waals surface area (Å²) in [4.78, 5) is 49.5. The van der Waals surface area contributed by atoms with Gasteiger partial charge in [0, 0.05) is 49.8 Å².